The highest BCUT2D eigenvalue weighted by Crippen LogP contribution is 2.58. The number of rotatable bonds is 0. The first-order chi connectivity index (χ1) is 5.19. The minimum Gasteiger partial charge on any atom is -0.284 e. The molecule has 0 N–H and O–H groups in total. The van der Waals surface area contributed by atoms with E-state index in [1.165, 1.54) is 6.42 Å². The zero-order chi connectivity index (χ0) is 7.64. The first-order valence-corrected chi connectivity index (χ1v) is 5.43. The Bertz CT molecular complexity index is 240. The molecule has 2 saturated carbocycles. The van der Waals surface area contributed by atoms with Crippen molar-refractivity contribution in [2.45, 2.75) is 37.0 Å². The van der Waals surface area contributed by atoms with Gasteiger partial charge in [0.2, 0.25) is 0 Å². The minimum absolute atomic E-state index is 0.00154. The Labute approximate surface area is 69.0 Å². The van der Waals surface area contributed by atoms with Crippen molar-refractivity contribution in [2.24, 2.45) is 11.8 Å². The van der Waals surface area contributed by atoms with Gasteiger partial charge < -0.3 is 0 Å². The van der Waals surface area contributed by atoms with E-state index in [4.69, 9.17) is 4.18 Å². The number of fused-ring (bicyclic) bond motifs is 1. The van der Waals surface area contributed by atoms with Gasteiger partial charge in [-0.2, -0.15) is 0 Å². The lowest BCUT2D eigenvalue weighted by Crippen LogP contribution is -2.31. The molecule has 0 aromatic carbocycles. The minimum atomic E-state index is -0.956. The van der Waals surface area contributed by atoms with E-state index in [9.17, 15) is 4.21 Å². The summed E-state index contributed by atoms with van der Waals surface area (Å²) in [6.07, 6.45) is 3.58. The lowest BCUT2D eigenvalue weighted by Gasteiger charge is -2.24. The average molecular weight is 172 g/mol. The highest BCUT2D eigenvalue weighted by atomic mass is 32.2. The maximum Gasteiger partial charge on any atom is 0.159 e. The summed E-state index contributed by atoms with van der Waals surface area (Å²) in [5.74, 6) is 1.44. The molecule has 2 aliphatic carbocycles. The molecule has 0 aromatic rings. The van der Waals surface area contributed by atoms with E-state index in [2.05, 4.69) is 6.92 Å². The van der Waals surface area contributed by atoms with Crippen LogP contribution >= 0.6 is 0 Å². The molecule has 3 aliphatic rings. The summed E-state index contributed by atoms with van der Waals surface area (Å²) >= 11 is -0.956. The van der Waals surface area contributed by atoms with Gasteiger partial charge in [0.1, 0.15) is 0 Å². The molecule has 62 valence electrons. The van der Waals surface area contributed by atoms with Crippen molar-refractivity contribution in [3.63, 3.8) is 0 Å². The molecule has 11 heavy (non-hydrogen) atoms. The first kappa shape index (κ1) is 6.61. The Morgan fingerprint density at radius 3 is 2.91 bits per heavy atom. The molecule has 1 aliphatic heterocycles. The van der Waals surface area contributed by atoms with Crippen molar-refractivity contribution in [2.75, 3.05) is 0 Å². The summed E-state index contributed by atoms with van der Waals surface area (Å²) in [4.78, 5) is 0. The molecule has 2 nitrogen and oxygen atoms in total. The van der Waals surface area contributed by atoms with E-state index >= 15 is 0 Å². The monoisotopic (exact) mass is 172 g/mol. The fourth-order valence-electron chi connectivity index (χ4n) is 3.19. The van der Waals surface area contributed by atoms with Gasteiger partial charge in [0.25, 0.3) is 0 Å². The predicted octanol–water partition coefficient (Wildman–Crippen LogP) is 1.24. The summed E-state index contributed by atoms with van der Waals surface area (Å²) in [6.45, 7) is 2.13. The van der Waals surface area contributed by atoms with Gasteiger partial charge in [0.15, 0.2) is 11.1 Å². The van der Waals surface area contributed by atoms with Gasteiger partial charge >= 0.3 is 0 Å². The fourth-order valence-corrected chi connectivity index (χ4v) is 4.98. The predicted molar refractivity (Wildman–Crippen MR) is 42.3 cm³/mol. The van der Waals surface area contributed by atoms with Crippen molar-refractivity contribution >= 4 is 11.1 Å². The second kappa shape index (κ2) is 1.72. The van der Waals surface area contributed by atoms with Crippen LogP contribution < -0.4 is 0 Å². The molecule has 3 heteroatoms. The fraction of sp³-hybridized carbons (Fsp3) is 1.00. The van der Waals surface area contributed by atoms with Crippen molar-refractivity contribution in [1.82, 2.24) is 0 Å². The van der Waals surface area contributed by atoms with E-state index in [0.29, 0.717) is 11.2 Å². The summed E-state index contributed by atoms with van der Waals surface area (Å²) in [5.41, 5.74) is -0.00154. The summed E-state index contributed by atoms with van der Waals surface area (Å²) < 4.78 is 16.9. The molecule has 1 heterocycles. The number of hydrogen-bond acceptors (Lipinski definition) is 2. The molecular weight excluding hydrogens is 160 g/mol. The molecule has 0 spiro atoms. The van der Waals surface area contributed by atoms with E-state index < -0.39 is 11.1 Å². The summed E-state index contributed by atoms with van der Waals surface area (Å²) in [6, 6.07) is 0. The molecule has 0 radical (unpaired) electrons. The lowest BCUT2D eigenvalue weighted by molar-refractivity contribution is 0.0828. The molecular formula is C8H12O2S. The molecule has 5 unspecified atom stereocenters. The zero-order valence-electron chi connectivity index (χ0n) is 6.58. The second-order valence-corrected chi connectivity index (χ2v) is 5.64. The van der Waals surface area contributed by atoms with Gasteiger partial charge in [0, 0.05) is 5.92 Å². The molecule has 2 bridgehead atoms. The van der Waals surface area contributed by atoms with E-state index in [0.717, 1.165) is 18.8 Å². The normalized spacial score (nSPS) is 65.9. The smallest absolute Gasteiger partial charge is 0.159 e. The maximum absolute atomic E-state index is 11.4. The van der Waals surface area contributed by atoms with E-state index in [1.54, 1.807) is 0 Å². The van der Waals surface area contributed by atoms with Gasteiger partial charge in [-0.3, -0.25) is 4.18 Å². The Hall–Kier alpha value is 0.110. The van der Waals surface area contributed by atoms with Crippen molar-refractivity contribution < 1.29 is 8.39 Å². The Kier molecular flexibility index (Phi) is 1.03. The summed E-state index contributed by atoms with van der Waals surface area (Å²) in [5, 5.41) is 0.388. The maximum atomic E-state index is 11.4. The van der Waals surface area contributed by atoms with E-state index in [-0.39, 0.29) is 5.60 Å². The molecule has 1 saturated heterocycles. The second-order valence-electron chi connectivity index (χ2n) is 4.34. The standard InChI is InChI=1S/C8H12O2S/c1-8-4-5-2-6(8)7(3-5)11(9)10-8/h5-7H,2-4H2,1H3. The highest BCUT2D eigenvalue weighted by molar-refractivity contribution is 7.81. The molecule has 0 aromatic heterocycles. The van der Waals surface area contributed by atoms with Crippen LogP contribution in [0.15, 0.2) is 0 Å². The Balaban J connectivity index is 2.10. The lowest BCUT2D eigenvalue weighted by atomic mass is 9.86. The van der Waals surface area contributed by atoms with Crippen LogP contribution in [0.25, 0.3) is 0 Å². The van der Waals surface area contributed by atoms with Crippen molar-refractivity contribution in [3.05, 3.63) is 0 Å². The molecule has 3 fully saturated rings. The van der Waals surface area contributed by atoms with Gasteiger partial charge in [-0.25, -0.2) is 4.21 Å². The van der Waals surface area contributed by atoms with Crippen molar-refractivity contribution in [1.29, 1.82) is 0 Å². The Morgan fingerprint density at radius 1 is 1.55 bits per heavy atom. The van der Waals surface area contributed by atoms with Crippen LogP contribution in [0.4, 0.5) is 0 Å². The quantitative estimate of drug-likeness (QED) is 0.549. The van der Waals surface area contributed by atoms with Crippen LogP contribution in [-0.2, 0) is 15.3 Å². The largest absolute Gasteiger partial charge is 0.284 e. The highest BCUT2D eigenvalue weighted by Gasteiger charge is 2.62. The van der Waals surface area contributed by atoms with Crippen LogP contribution in [0.3, 0.4) is 0 Å². The first-order valence-electron chi connectivity index (χ1n) is 4.29. The van der Waals surface area contributed by atoms with Gasteiger partial charge in [-0.15, -0.1) is 0 Å². The Morgan fingerprint density at radius 2 is 2.36 bits per heavy atom. The average Bonchev–Trinajstić information content (AvgIpc) is 2.43. The SMILES string of the molecule is CC12CC3CC(C1C3)S(=O)O2. The molecule has 5 atom stereocenters. The van der Waals surface area contributed by atoms with Crippen LogP contribution in [0, 0.1) is 11.8 Å². The van der Waals surface area contributed by atoms with Gasteiger partial charge in [0.05, 0.1) is 10.9 Å². The van der Waals surface area contributed by atoms with Crippen molar-refractivity contribution in [3.8, 4) is 0 Å². The van der Waals surface area contributed by atoms with E-state index in [1.807, 2.05) is 0 Å². The third kappa shape index (κ3) is 0.645. The third-order valence-corrected chi connectivity index (χ3v) is 5.16. The number of hydrogen-bond donors (Lipinski definition) is 0. The van der Waals surface area contributed by atoms with Gasteiger partial charge in [-0.1, -0.05) is 0 Å². The molecule has 0 amide bonds. The van der Waals surface area contributed by atoms with Gasteiger partial charge in [-0.05, 0) is 32.1 Å². The molecule has 3 rings (SSSR count). The van der Waals surface area contributed by atoms with Crippen LogP contribution in [0.5, 0.6) is 0 Å². The van der Waals surface area contributed by atoms with Crippen LogP contribution in [-0.4, -0.2) is 15.1 Å². The summed E-state index contributed by atoms with van der Waals surface area (Å²) in [7, 11) is 0. The van der Waals surface area contributed by atoms with Crippen LogP contribution in [0.2, 0.25) is 0 Å². The third-order valence-electron chi connectivity index (χ3n) is 3.60. The zero-order valence-corrected chi connectivity index (χ0v) is 7.39. The van der Waals surface area contributed by atoms with Crippen LogP contribution in [0.1, 0.15) is 26.2 Å². The topological polar surface area (TPSA) is 26.3 Å².